The number of hydrogen-bond acceptors (Lipinski definition) is 6. The number of carbonyl (C=O) groups is 2. The van der Waals surface area contributed by atoms with Crippen LogP contribution in [-0.4, -0.2) is 41.9 Å². The summed E-state index contributed by atoms with van der Waals surface area (Å²) in [7, 11) is 1.57. The quantitative estimate of drug-likeness (QED) is 0.636. The third-order valence-corrected chi connectivity index (χ3v) is 6.25. The number of carbonyl (C=O) groups excluding carboxylic acids is 2. The van der Waals surface area contributed by atoms with Gasteiger partial charge in [-0.1, -0.05) is 22.9 Å². The van der Waals surface area contributed by atoms with E-state index in [2.05, 4.69) is 20.6 Å². The number of thiazole rings is 1. The molecule has 1 aromatic carbocycles. The molecule has 1 saturated heterocycles. The lowest BCUT2D eigenvalue weighted by molar-refractivity contribution is -0.120. The molecule has 1 aliphatic rings. The molecule has 1 unspecified atom stereocenters. The third-order valence-electron chi connectivity index (χ3n) is 5.05. The molecule has 0 saturated carbocycles. The van der Waals surface area contributed by atoms with Crippen LogP contribution in [0, 0.1) is 11.7 Å². The lowest BCUT2D eigenvalue weighted by Crippen LogP contribution is -2.41. The number of nitrogens with zero attached hydrogens (tertiary/aromatic N) is 3. The summed E-state index contributed by atoms with van der Waals surface area (Å²) >= 11 is 7.23. The van der Waals surface area contributed by atoms with Gasteiger partial charge in [-0.3, -0.25) is 14.6 Å². The minimum atomic E-state index is -0.443. The number of piperidine rings is 1. The number of fused-ring (bicyclic) bond motifs is 1. The first-order chi connectivity index (χ1) is 14.5. The van der Waals surface area contributed by atoms with Crippen molar-refractivity contribution in [2.45, 2.75) is 12.8 Å². The van der Waals surface area contributed by atoms with Crippen LogP contribution in [0.1, 0.15) is 23.2 Å². The second kappa shape index (κ2) is 8.53. The van der Waals surface area contributed by atoms with Gasteiger partial charge in [0.05, 0.1) is 26.9 Å². The Bertz CT molecular complexity index is 1120. The number of hydrogen-bond donors (Lipinski definition) is 2. The summed E-state index contributed by atoms with van der Waals surface area (Å²) in [6.45, 7) is 1.22. The van der Waals surface area contributed by atoms with Crippen LogP contribution in [0.25, 0.3) is 10.2 Å². The molecular formula is C20H19ClFN5O2S. The standard InChI is InChI=1S/C20H19ClFN5O2S/c1-23-19(29)13-9-24-5-4-15(13)27-6-2-3-11(10-27)18(28)26-20-25-17-14(21)7-12(22)8-16(17)30-20/h4-5,7-9,11H,2-3,6,10H2,1H3,(H,23,29)(H,25,26,28). The van der Waals surface area contributed by atoms with Crippen LogP contribution >= 0.6 is 22.9 Å². The van der Waals surface area contributed by atoms with Gasteiger partial charge in [0.25, 0.3) is 5.91 Å². The zero-order valence-electron chi connectivity index (χ0n) is 16.1. The summed E-state index contributed by atoms with van der Waals surface area (Å²) in [4.78, 5) is 35.4. The molecule has 3 aromatic rings. The summed E-state index contributed by atoms with van der Waals surface area (Å²) < 4.78 is 14.1. The van der Waals surface area contributed by atoms with Crippen LogP contribution < -0.4 is 15.5 Å². The van der Waals surface area contributed by atoms with Crippen molar-refractivity contribution in [2.24, 2.45) is 5.92 Å². The van der Waals surface area contributed by atoms with Gasteiger partial charge in [0.1, 0.15) is 11.3 Å². The van der Waals surface area contributed by atoms with Crippen molar-refractivity contribution in [2.75, 3.05) is 30.4 Å². The largest absolute Gasteiger partial charge is 0.370 e. The van der Waals surface area contributed by atoms with Crippen molar-refractivity contribution in [1.29, 1.82) is 0 Å². The molecule has 0 bridgehead atoms. The zero-order chi connectivity index (χ0) is 21.3. The molecule has 1 fully saturated rings. The number of amides is 2. The van der Waals surface area contributed by atoms with Crippen LogP contribution in [0.3, 0.4) is 0 Å². The summed E-state index contributed by atoms with van der Waals surface area (Å²) in [6.07, 6.45) is 4.70. The van der Waals surface area contributed by atoms with Crippen molar-refractivity contribution >= 4 is 55.8 Å². The smallest absolute Gasteiger partial charge is 0.254 e. The maximum Gasteiger partial charge on any atom is 0.254 e. The van der Waals surface area contributed by atoms with E-state index in [1.807, 2.05) is 4.90 Å². The van der Waals surface area contributed by atoms with Crippen LogP contribution in [0.5, 0.6) is 0 Å². The fourth-order valence-electron chi connectivity index (χ4n) is 3.60. The first-order valence-corrected chi connectivity index (χ1v) is 10.6. The number of benzene rings is 1. The van der Waals surface area contributed by atoms with Gasteiger partial charge >= 0.3 is 0 Å². The average Bonchev–Trinajstić information content (AvgIpc) is 3.15. The van der Waals surface area contributed by atoms with Crippen LogP contribution in [0.4, 0.5) is 15.2 Å². The molecule has 0 radical (unpaired) electrons. The molecule has 2 aromatic heterocycles. The van der Waals surface area contributed by atoms with E-state index in [1.54, 1.807) is 19.3 Å². The second-order valence-corrected chi connectivity index (χ2v) is 8.44. The third kappa shape index (κ3) is 4.08. The number of halogens is 2. The number of nitrogens with one attached hydrogen (secondary N) is 2. The number of pyridine rings is 1. The maximum absolute atomic E-state index is 13.5. The molecule has 7 nitrogen and oxygen atoms in total. The van der Waals surface area contributed by atoms with E-state index in [0.29, 0.717) is 27.5 Å². The van der Waals surface area contributed by atoms with E-state index in [-0.39, 0.29) is 22.8 Å². The Morgan fingerprint density at radius 1 is 1.37 bits per heavy atom. The summed E-state index contributed by atoms with van der Waals surface area (Å²) in [6, 6.07) is 4.34. The van der Waals surface area contributed by atoms with E-state index < -0.39 is 5.82 Å². The second-order valence-electron chi connectivity index (χ2n) is 7.00. The molecule has 156 valence electrons. The molecule has 1 atom stereocenters. The highest BCUT2D eigenvalue weighted by Gasteiger charge is 2.28. The average molecular weight is 448 g/mol. The van der Waals surface area contributed by atoms with E-state index >= 15 is 0 Å². The minimum Gasteiger partial charge on any atom is -0.370 e. The van der Waals surface area contributed by atoms with Gasteiger partial charge < -0.3 is 15.5 Å². The molecule has 10 heteroatoms. The first kappa shape index (κ1) is 20.5. The molecule has 4 rings (SSSR count). The van der Waals surface area contributed by atoms with Gasteiger partial charge in [-0.25, -0.2) is 9.37 Å². The molecule has 2 N–H and O–H groups in total. The number of rotatable bonds is 4. The lowest BCUT2D eigenvalue weighted by atomic mass is 9.96. The van der Waals surface area contributed by atoms with Crippen LogP contribution in [0.2, 0.25) is 5.02 Å². The Kier molecular flexibility index (Phi) is 5.83. The van der Waals surface area contributed by atoms with Gasteiger partial charge in [0, 0.05) is 32.5 Å². The lowest BCUT2D eigenvalue weighted by Gasteiger charge is -2.34. The van der Waals surface area contributed by atoms with Gasteiger partial charge in [0.15, 0.2) is 5.13 Å². The normalized spacial score (nSPS) is 16.5. The highest BCUT2D eigenvalue weighted by molar-refractivity contribution is 7.22. The Balaban J connectivity index is 1.51. The molecule has 3 heterocycles. The van der Waals surface area contributed by atoms with Gasteiger partial charge in [-0.15, -0.1) is 0 Å². The van der Waals surface area contributed by atoms with Crippen molar-refractivity contribution in [3.05, 3.63) is 47.0 Å². The molecule has 0 aliphatic carbocycles. The predicted octanol–water partition coefficient (Wildman–Crippen LogP) is 3.70. The SMILES string of the molecule is CNC(=O)c1cnccc1N1CCCC(C(=O)Nc2nc3c(Cl)cc(F)cc3s2)C1. The topological polar surface area (TPSA) is 87.2 Å². The fraction of sp³-hybridized carbons (Fsp3) is 0.300. The van der Waals surface area contributed by atoms with Crippen molar-refractivity contribution in [3.63, 3.8) is 0 Å². The molecular weight excluding hydrogens is 429 g/mol. The van der Waals surface area contributed by atoms with Gasteiger partial charge in [-0.05, 0) is 31.0 Å². The Hall–Kier alpha value is -2.78. The van der Waals surface area contributed by atoms with E-state index in [4.69, 9.17) is 11.6 Å². The van der Waals surface area contributed by atoms with Crippen molar-refractivity contribution in [3.8, 4) is 0 Å². The van der Waals surface area contributed by atoms with E-state index in [1.165, 1.54) is 29.7 Å². The van der Waals surface area contributed by atoms with Crippen molar-refractivity contribution in [1.82, 2.24) is 15.3 Å². The van der Waals surface area contributed by atoms with Crippen molar-refractivity contribution < 1.29 is 14.0 Å². The van der Waals surface area contributed by atoms with Gasteiger partial charge in [-0.2, -0.15) is 0 Å². The summed E-state index contributed by atoms with van der Waals surface area (Å²) in [5.41, 5.74) is 1.70. The molecule has 1 aliphatic heterocycles. The molecule has 2 amide bonds. The van der Waals surface area contributed by atoms with Crippen LogP contribution in [-0.2, 0) is 4.79 Å². The van der Waals surface area contributed by atoms with Gasteiger partial charge in [0.2, 0.25) is 5.91 Å². The summed E-state index contributed by atoms with van der Waals surface area (Å²) in [5.74, 6) is -1.10. The van der Waals surface area contributed by atoms with E-state index in [9.17, 15) is 14.0 Å². The maximum atomic E-state index is 13.5. The Morgan fingerprint density at radius 3 is 3.00 bits per heavy atom. The van der Waals surface area contributed by atoms with E-state index in [0.717, 1.165) is 25.1 Å². The Labute approximate surface area is 181 Å². The molecule has 0 spiro atoms. The predicted molar refractivity (Wildman–Crippen MR) is 116 cm³/mol. The number of anilines is 2. The Morgan fingerprint density at radius 2 is 2.20 bits per heavy atom. The first-order valence-electron chi connectivity index (χ1n) is 9.43. The monoisotopic (exact) mass is 447 g/mol. The zero-order valence-corrected chi connectivity index (χ0v) is 17.7. The summed E-state index contributed by atoms with van der Waals surface area (Å²) in [5, 5.41) is 6.05. The highest BCUT2D eigenvalue weighted by atomic mass is 35.5. The van der Waals surface area contributed by atoms with Crippen LogP contribution in [0.15, 0.2) is 30.6 Å². The highest BCUT2D eigenvalue weighted by Crippen LogP contribution is 2.33. The fourth-order valence-corrected chi connectivity index (χ4v) is 4.83. The number of aromatic nitrogens is 2. The molecule has 30 heavy (non-hydrogen) atoms. The minimum absolute atomic E-state index is 0.161.